The van der Waals surface area contributed by atoms with Crippen molar-refractivity contribution in [3.05, 3.63) is 12.2 Å². The maximum absolute atomic E-state index is 11.4. The van der Waals surface area contributed by atoms with Crippen LogP contribution in [0, 0.1) is 22.7 Å². The molecule has 1 nitrogen and oxygen atoms in total. The lowest BCUT2D eigenvalue weighted by Crippen LogP contribution is -2.49. The predicted octanol–water partition coefficient (Wildman–Crippen LogP) is 3.98. The number of rotatable bonds is 1. The summed E-state index contributed by atoms with van der Waals surface area (Å²) in [6.07, 6.45) is 7.21. The third kappa shape index (κ3) is 1.56. The molecule has 0 aromatic heterocycles. The topological polar surface area (TPSA) is 17.1 Å². The molecule has 0 aromatic carbocycles. The van der Waals surface area contributed by atoms with Crippen LogP contribution in [-0.2, 0) is 4.79 Å². The molecule has 2 fully saturated rings. The van der Waals surface area contributed by atoms with Crippen LogP contribution in [-0.4, -0.2) is 6.29 Å². The predicted molar refractivity (Wildman–Crippen MR) is 67.2 cm³/mol. The van der Waals surface area contributed by atoms with Gasteiger partial charge in [0.25, 0.3) is 0 Å². The van der Waals surface area contributed by atoms with Crippen LogP contribution in [0.4, 0.5) is 0 Å². The zero-order valence-electron chi connectivity index (χ0n) is 10.9. The monoisotopic (exact) mass is 220 g/mol. The molecular formula is C15H24O. The van der Waals surface area contributed by atoms with E-state index in [-0.39, 0.29) is 11.3 Å². The normalized spacial score (nSPS) is 42.6. The molecule has 2 rings (SSSR count). The Labute approximate surface area is 99.3 Å². The largest absolute Gasteiger partial charge is 0.303 e. The highest BCUT2D eigenvalue weighted by atomic mass is 16.1. The fourth-order valence-electron chi connectivity index (χ4n) is 4.46. The maximum atomic E-state index is 11.4. The van der Waals surface area contributed by atoms with Gasteiger partial charge in [-0.3, -0.25) is 0 Å². The summed E-state index contributed by atoms with van der Waals surface area (Å²) < 4.78 is 0. The third-order valence-corrected chi connectivity index (χ3v) is 5.32. The molecule has 90 valence electrons. The minimum atomic E-state index is 0.103. The first-order valence-corrected chi connectivity index (χ1v) is 6.55. The molecule has 0 heterocycles. The van der Waals surface area contributed by atoms with E-state index in [4.69, 9.17) is 0 Å². The Hall–Kier alpha value is -0.590. The highest BCUT2D eigenvalue weighted by Crippen LogP contribution is 2.60. The minimum absolute atomic E-state index is 0.103. The van der Waals surface area contributed by atoms with Crippen LogP contribution < -0.4 is 0 Å². The Morgan fingerprint density at radius 3 is 2.62 bits per heavy atom. The van der Waals surface area contributed by atoms with Gasteiger partial charge in [0.1, 0.15) is 6.29 Å². The van der Waals surface area contributed by atoms with Gasteiger partial charge in [0.05, 0.1) is 0 Å². The fraction of sp³-hybridized carbons (Fsp3) is 0.800. The molecule has 0 bridgehead atoms. The summed E-state index contributed by atoms with van der Waals surface area (Å²) >= 11 is 0. The van der Waals surface area contributed by atoms with Crippen molar-refractivity contribution in [3.63, 3.8) is 0 Å². The van der Waals surface area contributed by atoms with Crippen LogP contribution in [0.15, 0.2) is 12.2 Å². The highest BCUT2D eigenvalue weighted by Gasteiger charge is 2.52. The van der Waals surface area contributed by atoms with Crippen molar-refractivity contribution in [2.45, 2.75) is 52.9 Å². The molecule has 1 heteroatoms. The van der Waals surface area contributed by atoms with Crippen LogP contribution in [0.3, 0.4) is 0 Å². The standard InChI is InChI=1S/C15H24O/c1-11-6-7-13-14(2,3)8-5-9-15(13,4)12(11)10-16/h10,12-13H,1,5-9H2,2-4H3/t12-,13+,15-/m1/s1. The molecule has 3 atom stereocenters. The lowest BCUT2D eigenvalue weighted by Gasteiger charge is -2.56. The molecular weight excluding hydrogens is 196 g/mol. The first-order valence-electron chi connectivity index (χ1n) is 6.55. The number of allylic oxidation sites excluding steroid dienone is 1. The van der Waals surface area contributed by atoms with Gasteiger partial charge in [-0.05, 0) is 42.4 Å². The van der Waals surface area contributed by atoms with E-state index in [1.807, 2.05) is 0 Å². The molecule has 0 aromatic rings. The van der Waals surface area contributed by atoms with E-state index < -0.39 is 0 Å². The maximum Gasteiger partial charge on any atom is 0.127 e. The minimum Gasteiger partial charge on any atom is -0.303 e. The van der Waals surface area contributed by atoms with Gasteiger partial charge in [-0.1, -0.05) is 39.3 Å². The molecule has 2 aliphatic rings. The van der Waals surface area contributed by atoms with Crippen molar-refractivity contribution < 1.29 is 4.79 Å². The molecule has 0 spiro atoms. The van der Waals surface area contributed by atoms with Crippen molar-refractivity contribution in [1.29, 1.82) is 0 Å². The number of carbonyl (C=O) groups excluding carboxylic acids is 1. The van der Waals surface area contributed by atoms with Gasteiger partial charge in [-0.15, -0.1) is 0 Å². The molecule has 0 aliphatic heterocycles. The summed E-state index contributed by atoms with van der Waals surface area (Å²) in [5.41, 5.74) is 1.75. The Balaban J connectivity index is 2.38. The van der Waals surface area contributed by atoms with Crippen LogP contribution in [0.5, 0.6) is 0 Å². The molecule has 16 heavy (non-hydrogen) atoms. The second kappa shape index (κ2) is 3.72. The van der Waals surface area contributed by atoms with Crippen LogP contribution >= 0.6 is 0 Å². The highest BCUT2D eigenvalue weighted by molar-refractivity contribution is 5.61. The summed E-state index contributed by atoms with van der Waals surface area (Å²) in [5.74, 6) is 0.792. The van der Waals surface area contributed by atoms with Gasteiger partial charge in [-0.25, -0.2) is 0 Å². The van der Waals surface area contributed by atoms with Gasteiger partial charge < -0.3 is 4.79 Å². The second-order valence-corrected chi connectivity index (χ2v) is 6.71. The number of hydrogen-bond donors (Lipinski definition) is 0. The summed E-state index contributed by atoms with van der Waals surface area (Å²) in [6.45, 7) is 11.2. The van der Waals surface area contributed by atoms with Crippen LogP contribution in [0.1, 0.15) is 52.9 Å². The Morgan fingerprint density at radius 2 is 2.00 bits per heavy atom. The van der Waals surface area contributed by atoms with Crippen molar-refractivity contribution in [2.75, 3.05) is 0 Å². The zero-order chi connectivity index (χ0) is 12.0. The Morgan fingerprint density at radius 1 is 1.31 bits per heavy atom. The van der Waals surface area contributed by atoms with Gasteiger partial charge in [0.2, 0.25) is 0 Å². The van der Waals surface area contributed by atoms with Crippen molar-refractivity contribution in [3.8, 4) is 0 Å². The van der Waals surface area contributed by atoms with Gasteiger partial charge in [0.15, 0.2) is 0 Å². The van der Waals surface area contributed by atoms with Crippen LogP contribution in [0.2, 0.25) is 0 Å². The quantitative estimate of drug-likeness (QED) is 0.482. The smallest absolute Gasteiger partial charge is 0.127 e. The molecule has 0 unspecified atom stereocenters. The van der Waals surface area contributed by atoms with E-state index in [0.717, 1.165) is 12.7 Å². The number of carbonyl (C=O) groups is 1. The van der Waals surface area contributed by atoms with Crippen molar-refractivity contribution in [1.82, 2.24) is 0 Å². The van der Waals surface area contributed by atoms with E-state index in [1.54, 1.807) is 0 Å². The second-order valence-electron chi connectivity index (χ2n) is 6.71. The molecule has 2 aliphatic carbocycles. The molecule has 0 amide bonds. The summed E-state index contributed by atoms with van der Waals surface area (Å²) in [7, 11) is 0. The molecule has 2 saturated carbocycles. The summed E-state index contributed by atoms with van der Waals surface area (Å²) in [4.78, 5) is 11.4. The Bertz CT molecular complexity index is 315. The molecule has 0 saturated heterocycles. The number of fused-ring (bicyclic) bond motifs is 1. The average molecular weight is 220 g/mol. The van der Waals surface area contributed by atoms with E-state index >= 15 is 0 Å². The van der Waals surface area contributed by atoms with Gasteiger partial charge in [0, 0.05) is 5.92 Å². The Kier molecular flexibility index (Phi) is 2.76. The SMILES string of the molecule is C=C1CC[C@H]2C(C)(C)CCC[C@]2(C)[C@@H]1C=O. The number of hydrogen-bond acceptors (Lipinski definition) is 1. The molecule has 0 radical (unpaired) electrons. The van der Waals surface area contributed by atoms with E-state index in [9.17, 15) is 4.79 Å². The third-order valence-electron chi connectivity index (χ3n) is 5.32. The zero-order valence-corrected chi connectivity index (χ0v) is 10.9. The summed E-state index contributed by atoms with van der Waals surface area (Å²) in [6, 6.07) is 0. The first-order chi connectivity index (χ1) is 7.42. The van der Waals surface area contributed by atoms with E-state index in [0.29, 0.717) is 11.3 Å². The van der Waals surface area contributed by atoms with E-state index in [2.05, 4.69) is 27.4 Å². The molecule has 0 N–H and O–H groups in total. The van der Waals surface area contributed by atoms with Crippen molar-refractivity contribution in [2.24, 2.45) is 22.7 Å². The fourth-order valence-corrected chi connectivity index (χ4v) is 4.46. The van der Waals surface area contributed by atoms with Gasteiger partial charge in [-0.2, -0.15) is 0 Å². The van der Waals surface area contributed by atoms with E-state index in [1.165, 1.54) is 31.3 Å². The summed E-state index contributed by atoms with van der Waals surface area (Å²) in [5, 5.41) is 0. The average Bonchev–Trinajstić information content (AvgIpc) is 2.15. The lowest BCUT2D eigenvalue weighted by molar-refractivity contribution is -0.121. The van der Waals surface area contributed by atoms with Crippen molar-refractivity contribution >= 4 is 6.29 Å². The lowest BCUT2D eigenvalue weighted by atomic mass is 9.48. The number of aldehydes is 1. The van der Waals surface area contributed by atoms with Crippen LogP contribution in [0.25, 0.3) is 0 Å². The first kappa shape index (κ1) is 11.9. The van der Waals surface area contributed by atoms with Gasteiger partial charge >= 0.3 is 0 Å².